The van der Waals surface area contributed by atoms with E-state index >= 15 is 0 Å². The van der Waals surface area contributed by atoms with E-state index in [0.29, 0.717) is 18.5 Å². The molecular formula is C20H27FN2O3. The third-order valence-corrected chi connectivity index (χ3v) is 5.68. The normalized spacial score (nSPS) is 21.7. The molecule has 2 aliphatic rings. The first-order valence-corrected chi connectivity index (χ1v) is 9.40. The number of aliphatic hydroxyl groups is 1. The topological polar surface area (TPSA) is 69.6 Å². The number of benzene rings is 1. The monoisotopic (exact) mass is 362 g/mol. The quantitative estimate of drug-likeness (QED) is 0.845. The average Bonchev–Trinajstić information content (AvgIpc) is 2.89. The SMILES string of the molecule is C[C@@H](O)[C@@H](C(=O)NCc1cccc(F)c1)N1CC2(CCCCC2)CC1=O. The molecule has 1 aliphatic heterocycles. The van der Waals surface area contributed by atoms with Crippen LogP contribution in [0.3, 0.4) is 0 Å². The number of carbonyl (C=O) groups is 2. The van der Waals surface area contributed by atoms with Crippen molar-refractivity contribution in [2.75, 3.05) is 6.54 Å². The van der Waals surface area contributed by atoms with Crippen LogP contribution in [0.2, 0.25) is 0 Å². The van der Waals surface area contributed by atoms with Gasteiger partial charge in [-0.3, -0.25) is 9.59 Å². The lowest BCUT2D eigenvalue weighted by Crippen LogP contribution is -2.53. The maximum Gasteiger partial charge on any atom is 0.245 e. The zero-order valence-corrected chi connectivity index (χ0v) is 15.2. The molecule has 26 heavy (non-hydrogen) atoms. The van der Waals surface area contributed by atoms with Crippen LogP contribution in [-0.2, 0) is 16.1 Å². The van der Waals surface area contributed by atoms with Crippen LogP contribution in [0, 0.1) is 11.2 Å². The van der Waals surface area contributed by atoms with E-state index in [4.69, 9.17) is 0 Å². The predicted octanol–water partition coefficient (Wildman–Crippen LogP) is 2.37. The number of hydrogen-bond donors (Lipinski definition) is 2. The van der Waals surface area contributed by atoms with Gasteiger partial charge in [-0.25, -0.2) is 4.39 Å². The highest BCUT2D eigenvalue weighted by molar-refractivity contribution is 5.89. The fourth-order valence-electron chi connectivity index (χ4n) is 4.38. The number of rotatable bonds is 5. The predicted molar refractivity (Wildman–Crippen MR) is 95.6 cm³/mol. The molecule has 2 amide bonds. The van der Waals surface area contributed by atoms with Crippen LogP contribution in [0.5, 0.6) is 0 Å². The Hall–Kier alpha value is -1.95. The minimum Gasteiger partial charge on any atom is -0.391 e. The largest absolute Gasteiger partial charge is 0.391 e. The summed E-state index contributed by atoms with van der Waals surface area (Å²) in [5, 5.41) is 12.9. The van der Waals surface area contributed by atoms with Crippen LogP contribution >= 0.6 is 0 Å². The molecule has 2 fully saturated rings. The first-order chi connectivity index (χ1) is 12.4. The number of aliphatic hydroxyl groups excluding tert-OH is 1. The van der Waals surface area contributed by atoms with Gasteiger partial charge in [-0.15, -0.1) is 0 Å². The van der Waals surface area contributed by atoms with Crippen LogP contribution in [0.1, 0.15) is 51.0 Å². The summed E-state index contributed by atoms with van der Waals surface area (Å²) in [5.41, 5.74) is 0.602. The van der Waals surface area contributed by atoms with Crippen molar-refractivity contribution >= 4 is 11.8 Å². The van der Waals surface area contributed by atoms with Gasteiger partial charge >= 0.3 is 0 Å². The summed E-state index contributed by atoms with van der Waals surface area (Å²) in [6.07, 6.45) is 4.94. The van der Waals surface area contributed by atoms with Gasteiger partial charge in [0, 0.05) is 19.5 Å². The van der Waals surface area contributed by atoms with Gasteiger partial charge in [0.05, 0.1) is 6.10 Å². The molecular weight excluding hydrogens is 335 g/mol. The Bertz CT molecular complexity index is 671. The zero-order valence-electron chi connectivity index (χ0n) is 15.2. The maximum atomic E-state index is 13.3. The molecule has 1 spiro atoms. The lowest BCUT2D eigenvalue weighted by molar-refractivity contribution is -0.141. The fraction of sp³-hybridized carbons (Fsp3) is 0.600. The summed E-state index contributed by atoms with van der Waals surface area (Å²) in [6.45, 7) is 2.23. The summed E-state index contributed by atoms with van der Waals surface area (Å²) in [4.78, 5) is 26.8. The van der Waals surface area contributed by atoms with Crippen LogP contribution < -0.4 is 5.32 Å². The third kappa shape index (κ3) is 4.06. The summed E-state index contributed by atoms with van der Waals surface area (Å²) >= 11 is 0. The molecule has 0 unspecified atom stereocenters. The molecule has 1 aromatic rings. The second kappa shape index (κ2) is 7.74. The summed E-state index contributed by atoms with van der Waals surface area (Å²) in [6, 6.07) is 5.10. The van der Waals surface area contributed by atoms with Crippen molar-refractivity contribution in [2.45, 2.75) is 64.1 Å². The Morgan fingerprint density at radius 1 is 1.35 bits per heavy atom. The summed E-state index contributed by atoms with van der Waals surface area (Å²) in [5.74, 6) is -0.818. The molecule has 6 heteroatoms. The second-order valence-corrected chi connectivity index (χ2v) is 7.79. The summed E-state index contributed by atoms with van der Waals surface area (Å²) in [7, 11) is 0. The maximum absolute atomic E-state index is 13.3. The van der Waals surface area contributed by atoms with Crippen LogP contribution in [-0.4, -0.2) is 40.5 Å². The minimum absolute atomic E-state index is 0.0364. The van der Waals surface area contributed by atoms with E-state index in [1.54, 1.807) is 17.0 Å². The molecule has 1 saturated heterocycles. The lowest BCUT2D eigenvalue weighted by Gasteiger charge is -2.35. The van der Waals surface area contributed by atoms with Crippen molar-refractivity contribution in [1.29, 1.82) is 0 Å². The van der Waals surface area contributed by atoms with E-state index in [9.17, 15) is 19.1 Å². The standard InChI is InChI=1S/C20H27FN2O3/c1-14(24)18(19(26)22-12-15-6-5-7-16(21)10-15)23-13-20(11-17(23)25)8-3-2-4-9-20/h5-7,10,14,18,24H,2-4,8-9,11-13H2,1H3,(H,22,26)/t14-,18+/m1/s1. The fourth-order valence-corrected chi connectivity index (χ4v) is 4.38. The van der Waals surface area contributed by atoms with Crippen LogP contribution in [0.25, 0.3) is 0 Å². The van der Waals surface area contributed by atoms with Crippen molar-refractivity contribution < 1.29 is 19.1 Å². The Kier molecular flexibility index (Phi) is 5.61. The van der Waals surface area contributed by atoms with Gasteiger partial charge in [0.2, 0.25) is 11.8 Å². The minimum atomic E-state index is -0.967. The number of halogens is 1. The van der Waals surface area contributed by atoms with Gasteiger partial charge < -0.3 is 15.3 Å². The van der Waals surface area contributed by atoms with E-state index in [2.05, 4.69) is 5.32 Å². The number of carbonyl (C=O) groups excluding carboxylic acids is 2. The Labute approximate surface area is 153 Å². The van der Waals surface area contributed by atoms with Gasteiger partial charge in [-0.2, -0.15) is 0 Å². The van der Waals surface area contributed by atoms with E-state index in [1.807, 2.05) is 0 Å². The van der Waals surface area contributed by atoms with Crippen molar-refractivity contribution in [3.8, 4) is 0 Å². The number of hydrogen-bond acceptors (Lipinski definition) is 3. The van der Waals surface area contributed by atoms with Gasteiger partial charge in [0.1, 0.15) is 11.9 Å². The molecule has 142 valence electrons. The van der Waals surface area contributed by atoms with E-state index < -0.39 is 18.1 Å². The van der Waals surface area contributed by atoms with E-state index in [1.165, 1.54) is 25.5 Å². The molecule has 2 atom stereocenters. The molecule has 2 N–H and O–H groups in total. The molecule has 1 heterocycles. The molecule has 1 aromatic carbocycles. The van der Waals surface area contributed by atoms with Crippen molar-refractivity contribution in [2.24, 2.45) is 5.41 Å². The van der Waals surface area contributed by atoms with Crippen molar-refractivity contribution in [3.63, 3.8) is 0 Å². The van der Waals surface area contributed by atoms with Gasteiger partial charge in [-0.05, 0) is 42.9 Å². The molecule has 1 aliphatic carbocycles. The number of amides is 2. The number of nitrogens with one attached hydrogen (secondary N) is 1. The molecule has 1 saturated carbocycles. The first kappa shape index (κ1) is 18.8. The summed E-state index contributed by atoms with van der Waals surface area (Å²) < 4.78 is 13.3. The highest BCUT2D eigenvalue weighted by Crippen LogP contribution is 2.45. The third-order valence-electron chi connectivity index (χ3n) is 5.68. The molecule has 5 nitrogen and oxygen atoms in total. The Balaban J connectivity index is 1.68. The van der Waals surface area contributed by atoms with Gasteiger partial charge in [0.15, 0.2) is 0 Å². The highest BCUT2D eigenvalue weighted by atomic mass is 19.1. The zero-order chi connectivity index (χ0) is 18.7. The van der Waals surface area contributed by atoms with Gasteiger partial charge in [-0.1, -0.05) is 31.4 Å². The van der Waals surface area contributed by atoms with Crippen LogP contribution in [0.4, 0.5) is 4.39 Å². The smallest absolute Gasteiger partial charge is 0.245 e. The first-order valence-electron chi connectivity index (χ1n) is 9.40. The average molecular weight is 362 g/mol. The number of nitrogens with zero attached hydrogens (tertiary/aromatic N) is 1. The Morgan fingerprint density at radius 2 is 2.08 bits per heavy atom. The number of likely N-dealkylation sites (tertiary alicyclic amines) is 1. The van der Waals surface area contributed by atoms with Crippen molar-refractivity contribution in [3.05, 3.63) is 35.6 Å². The van der Waals surface area contributed by atoms with E-state index in [-0.39, 0.29) is 23.7 Å². The van der Waals surface area contributed by atoms with Crippen LogP contribution in [0.15, 0.2) is 24.3 Å². The van der Waals surface area contributed by atoms with Gasteiger partial charge in [0.25, 0.3) is 0 Å². The molecule has 0 bridgehead atoms. The Morgan fingerprint density at radius 3 is 2.73 bits per heavy atom. The molecule has 0 aromatic heterocycles. The van der Waals surface area contributed by atoms with E-state index in [0.717, 1.165) is 25.7 Å². The lowest BCUT2D eigenvalue weighted by atomic mass is 9.73. The van der Waals surface area contributed by atoms with Crippen molar-refractivity contribution in [1.82, 2.24) is 10.2 Å². The molecule has 3 rings (SSSR count). The molecule has 0 radical (unpaired) electrons. The second-order valence-electron chi connectivity index (χ2n) is 7.79. The highest BCUT2D eigenvalue weighted by Gasteiger charge is 2.48.